The van der Waals surface area contributed by atoms with Gasteiger partial charge in [0.05, 0.1) is 34.0 Å². The number of ether oxygens (including phenoxy) is 6. The van der Waals surface area contributed by atoms with E-state index in [-0.39, 0.29) is 34.3 Å². The van der Waals surface area contributed by atoms with E-state index in [1.807, 2.05) is 0 Å². The number of Topliss-reactive ketones (excluding diaryl/α,β-unsaturated/α-hetero) is 1. The number of methoxy groups -OCH3 is 5. The fraction of sp³-hybridized carbons (Fsp3) is 0.350. The predicted molar refractivity (Wildman–Crippen MR) is 98.9 cm³/mol. The second-order valence-electron chi connectivity index (χ2n) is 6.03. The molecular formula is C20H22O8. The molecule has 2 aromatic rings. The van der Waals surface area contributed by atoms with Gasteiger partial charge in [-0.3, -0.25) is 4.79 Å². The van der Waals surface area contributed by atoms with Crippen molar-refractivity contribution >= 4 is 5.78 Å². The van der Waals surface area contributed by atoms with E-state index in [0.717, 1.165) is 0 Å². The minimum absolute atomic E-state index is 0.0983. The van der Waals surface area contributed by atoms with Gasteiger partial charge in [0, 0.05) is 24.8 Å². The molecule has 1 heterocycles. The first-order chi connectivity index (χ1) is 13.5. The number of phenols is 1. The summed E-state index contributed by atoms with van der Waals surface area (Å²) in [5, 5.41) is 10.6. The van der Waals surface area contributed by atoms with Crippen molar-refractivity contribution in [2.45, 2.75) is 12.2 Å². The summed E-state index contributed by atoms with van der Waals surface area (Å²) in [6.07, 6.45) is -2.04. The van der Waals surface area contributed by atoms with Gasteiger partial charge in [-0.1, -0.05) is 0 Å². The fourth-order valence-electron chi connectivity index (χ4n) is 3.23. The monoisotopic (exact) mass is 390 g/mol. The van der Waals surface area contributed by atoms with Crippen LogP contribution in [0.15, 0.2) is 24.3 Å². The van der Waals surface area contributed by atoms with Crippen LogP contribution in [0.2, 0.25) is 0 Å². The fourth-order valence-corrected chi connectivity index (χ4v) is 3.23. The lowest BCUT2D eigenvalue weighted by Crippen LogP contribution is -2.31. The Morgan fingerprint density at radius 1 is 0.893 bits per heavy atom. The van der Waals surface area contributed by atoms with Crippen LogP contribution >= 0.6 is 0 Å². The number of aromatic hydroxyl groups is 1. The third-order valence-electron chi connectivity index (χ3n) is 4.58. The molecule has 2 aromatic carbocycles. The average Bonchev–Trinajstić information content (AvgIpc) is 2.72. The molecule has 8 heteroatoms. The summed E-state index contributed by atoms with van der Waals surface area (Å²) in [5.41, 5.74) is 0.722. The third kappa shape index (κ3) is 3.16. The zero-order valence-corrected chi connectivity index (χ0v) is 16.3. The maximum Gasteiger partial charge on any atom is 0.211 e. The van der Waals surface area contributed by atoms with E-state index in [1.54, 1.807) is 24.3 Å². The molecule has 1 aliphatic heterocycles. The molecule has 0 saturated heterocycles. The number of benzene rings is 2. The number of carbonyl (C=O) groups is 1. The summed E-state index contributed by atoms with van der Waals surface area (Å²) in [6, 6.07) is 6.61. The summed E-state index contributed by atoms with van der Waals surface area (Å²) in [5.74, 6) is 1.01. The molecule has 8 nitrogen and oxygen atoms in total. The first kappa shape index (κ1) is 19.6. The van der Waals surface area contributed by atoms with E-state index in [9.17, 15) is 9.90 Å². The van der Waals surface area contributed by atoms with Crippen molar-refractivity contribution in [3.8, 4) is 34.5 Å². The highest BCUT2D eigenvalue weighted by Gasteiger charge is 2.42. The number of hydrogen-bond acceptors (Lipinski definition) is 8. The van der Waals surface area contributed by atoms with E-state index >= 15 is 0 Å². The molecule has 1 aliphatic rings. The van der Waals surface area contributed by atoms with Gasteiger partial charge in [-0.15, -0.1) is 0 Å². The number of hydrogen-bond donors (Lipinski definition) is 1. The van der Waals surface area contributed by atoms with Gasteiger partial charge in [-0.05, 0) is 12.1 Å². The lowest BCUT2D eigenvalue weighted by molar-refractivity contribution is -0.139. The summed E-state index contributed by atoms with van der Waals surface area (Å²) in [4.78, 5) is 13.1. The molecule has 1 unspecified atom stereocenters. The van der Waals surface area contributed by atoms with Crippen LogP contribution in [0.4, 0.5) is 0 Å². The minimum Gasteiger partial charge on any atom is -0.504 e. The van der Waals surface area contributed by atoms with Crippen LogP contribution in [0, 0.1) is 0 Å². The summed E-state index contributed by atoms with van der Waals surface area (Å²) >= 11 is 0. The van der Waals surface area contributed by atoms with Gasteiger partial charge in [-0.2, -0.15) is 0 Å². The Kier molecular flexibility index (Phi) is 5.51. The SMILES string of the molecule is COc1cc(OC)cc([C@@H]2Oc3cc(OC)c(OC)c(O)c3C(OC)C2=O)c1. The van der Waals surface area contributed by atoms with Crippen molar-refractivity contribution in [1.82, 2.24) is 0 Å². The number of carbonyl (C=O) groups excluding carboxylic acids is 1. The van der Waals surface area contributed by atoms with Gasteiger partial charge < -0.3 is 33.5 Å². The van der Waals surface area contributed by atoms with Crippen molar-refractivity contribution in [3.63, 3.8) is 0 Å². The molecule has 0 fully saturated rings. The van der Waals surface area contributed by atoms with E-state index in [2.05, 4.69) is 0 Å². The van der Waals surface area contributed by atoms with Crippen LogP contribution in [-0.2, 0) is 9.53 Å². The molecule has 0 aromatic heterocycles. The van der Waals surface area contributed by atoms with Gasteiger partial charge >= 0.3 is 0 Å². The van der Waals surface area contributed by atoms with Gasteiger partial charge in [0.15, 0.2) is 23.7 Å². The van der Waals surface area contributed by atoms with Crippen LogP contribution in [0.3, 0.4) is 0 Å². The van der Waals surface area contributed by atoms with E-state index in [4.69, 9.17) is 28.4 Å². The highest BCUT2D eigenvalue weighted by molar-refractivity contribution is 5.93. The standard InChI is InChI=1S/C20H22O8/c1-23-11-6-10(7-12(8-11)24-2)18-17(22)20(27-5)15-13(28-18)9-14(25-3)19(26-4)16(15)21/h6-9,18,20-21H,1-5H3/t18-,20?/m0/s1. The second-order valence-corrected chi connectivity index (χ2v) is 6.03. The Labute approximate surface area is 162 Å². The highest BCUT2D eigenvalue weighted by Crippen LogP contribution is 2.52. The summed E-state index contributed by atoms with van der Waals surface area (Å²) in [7, 11) is 7.25. The maximum absolute atomic E-state index is 13.1. The summed E-state index contributed by atoms with van der Waals surface area (Å²) in [6.45, 7) is 0. The number of rotatable bonds is 6. The average molecular weight is 390 g/mol. The Morgan fingerprint density at radius 3 is 2.04 bits per heavy atom. The van der Waals surface area contributed by atoms with E-state index in [0.29, 0.717) is 17.1 Å². The van der Waals surface area contributed by atoms with Gasteiger partial charge in [0.1, 0.15) is 17.2 Å². The van der Waals surface area contributed by atoms with E-state index in [1.165, 1.54) is 35.5 Å². The largest absolute Gasteiger partial charge is 0.504 e. The van der Waals surface area contributed by atoms with Gasteiger partial charge in [0.2, 0.25) is 11.5 Å². The Morgan fingerprint density at radius 2 is 1.54 bits per heavy atom. The normalized spacial score (nSPS) is 18.1. The third-order valence-corrected chi connectivity index (χ3v) is 4.58. The smallest absolute Gasteiger partial charge is 0.211 e. The van der Waals surface area contributed by atoms with Crippen molar-refractivity contribution < 1.29 is 38.3 Å². The maximum atomic E-state index is 13.1. The Balaban J connectivity index is 2.15. The quantitative estimate of drug-likeness (QED) is 0.805. The molecular weight excluding hydrogens is 368 g/mol. The first-order valence-electron chi connectivity index (χ1n) is 8.43. The summed E-state index contributed by atoms with van der Waals surface area (Å²) < 4.78 is 32.4. The molecule has 0 spiro atoms. The van der Waals surface area contributed by atoms with Gasteiger partial charge in [0.25, 0.3) is 0 Å². The molecule has 0 bridgehead atoms. The molecule has 0 aliphatic carbocycles. The molecule has 28 heavy (non-hydrogen) atoms. The lowest BCUT2D eigenvalue weighted by atomic mass is 9.92. The van der Waals surface area contributed by atoms with Crippen molar-refractivity contribution in [1.29, 1.82) is 0 Å². The van der Waals surface area contributed by atoms with Crippen molar-refractivity contribution in [3.05, 3.63) is 35.4 Å². The topological polar surface area (TPSA) is 92.7 Å². The van der Waals surface area contributed by atoms with Crippen molar-refractivity contribution in [2.75, 3.05) is 35.5 Å². The Bertz CT molecular complexity index is 870. The zero-order valence-electron chi connectivity index (χ0n) is 16.3. The molecule has 2 atom stereocenters. The Hall–Kier alpha value is -3.13. The van der Waals surface area contributed by atoms with Crippen molar-refractivity contribution in [2.24, 2.45) is 0 Å². The van der Waals surface area contributed by atoms with E-state index < -0.39 is 12.2 Å². The predicted octanol–water partition coefficient (Wildman–Crippen LogP) is 2.82. The van der Waals surface area contributed by atoms with Gasteiger partial charge in [-0.25, -0.2) is 0 Å². The number of ketones is 1. The molecule has 0 amide bonds. The molecule has 0 saturated carbocycles. The molecule has 150 valence electrons. The minimum atomic E-state index is -1.05. The first-order valence-corrected chi connectivity index (χ1v) is 8.43. The number of fused-ring (bicyclic) bond motifs is 1. The van der Waals surface area contributed by atoms with Crippen LogP contribution in [0.5, 0.6) is 34.5 Å². The highest BCUT2D eigenvalue weighted by atomic mass is 16.5. The van der Waals surface area contributed by atoms with Crippen LogP contribution in [-0.4, -0.2) is 46.4 Å². The second kappa shape index (κ2) is 7.85. The van der Waals surface area contributed by atoms with Crippen LogP contribution in [0.1, 0.15) is 23.3 Å². The van der Waals surface area contributed by atoms with Crippen LogP contribution in [0.25, 0.3) is 0 Å². The zero-order chi connectivity index (χ0) is 20.4. The molecule has 0 radical (unpaired) electrons. The van der Waals surface area contributed by atoms with Crippen LogP contribution < -0.4 is 23.7 Å². The molecule has 1 N–H and O–H groups in total. The number of phenolic OH excluding ortho intramolecular Hbond substituents is 1. The lowest BCUT2D eigenvalue weighted by Gasteiger charge is -2.32. The molecule has 3 rings (SSSR count).